The van der Waals surface area contributed by atoms with Gasteiger partial charge >= 0.3 is 6.61 Å². The lowest BCUT2D eigenvalue weighted by Crippen LogP contribution is -2.24. The van der Waals surface area contributed by atoms with E-state index in [4.69, 9.17) is 11.6 Å². The van der Waals surface area contributed by atoms with Crippen LogP contribution in [-0.4, -0.2) is 24.2 Å². The fourth-order valence-electron chi connectivity index (χ4n) is 1.86. The highest BCUT2D eigenvalue weighted by molar-refractivity contribution is 7.99. The molecule has 1 saturated heterocycles. The van der Waals surface area contributed by atoms with Crippen LogP contribution >= 0.6 is 23.4 Å². The Hall–Kier alpha value is -0.680. The maximum Gasteiger partial charge on any atom is 0.387 e. The smallest absolute Gasteiger partial charge is 0.387 e. The Bertz CT molecular complexity index is 400. The van der Waals surface area contributed by atoms with Crippen molar-refractivity contribution in [3.63, 3.8) is 0 Å². The molecule has 2 nitrogen and oxygen atoms in total. The molecule has 1 aliphatic heterocycles. The zero-order valence-electron chi connectivity index (χ0n) is 9.67. The van der Waals surface area contributed by atoms with Gasteiger partial charge in [-0.15, -0.1) is 0 Å². The van der Waals surface area contributed by atoms with Crippen LogP contribution in [-0.2, 0) is 0 Å². The minimum absolute atomic E-state index is 0.0106. The molecule has 1 aromatic carbocycles. The second kappa shape index (κ2) is 6.48. The van der Waals surface area contributed by atoms with Gasteiger partial charge in [0.25, 0.3) is 0 Å². The molecule has 2 rings (SSSR count). The van der Waals surface area contributed by atoms with Crippen LogP contribution in [0.15, 0.2) is 18.2 Å². The van der Waals surface area contributed by atoms with E-state index in [2.05, 4.69) is 10.1 Å². The van der Waals surface area contributed by atoms with E-state index in [1.165, 1.54) is 6.07 Å². The summed E-state index contributed by atoms with van der Waals surface area (Å²) in [5.74, 6) is 2.31. The van der Waals surface area contributed by atoms with Crippen LogP contribution in [0.5, 0.6) is 5.75 Å². The molecule has 0 aromatic heterocycles. The van der Waals surface area contributed by atoms with Crippen molar-refractivity contribution in [1.82, 2.24) is 0 Å². The van der Waals surface area contributed by atoms with Crippen LogP contribution in [0.3, 0.4) is 0 Å². The number of thioether (sulfide) groups is 1. The predicted molar refractivity (Wildman–Crippen MR) is 72.1 cm³/mol. The molecule has 1 aromatic rings. The summed E-state index contributed by atoms with van der Waals surface area (Å²) < 4.78 is 28.4. The summed E-state index contributed by atoms with van der Waals surface area (Å²) in [5, 5.41) is 3.56. The summed E-state index contributed by atoms with van der Waals surface area (Å²) in [6, 6.07) is 5.24. The van der Waals surface area contributed by atoms with Crippen LogP contribution in [0.25, 0.3) is 0 Å². The largest absolute Gasteiger partial charge is 0.433 e. The maximum atomic E-state index is 12.1. The first-order chi connectivity index (χ1) is 8.65. The average molecular weight is 294 g/mol. The van der Waals surface area contributed by atoms with Gasteiger partial charge in [0, 0.05) is 11.7 Å². The van der Waals surface area contributed by atoms with E-state index < -0.39 is 6.61 Å². The third-order valence-corrected chi connectivity index (χ3v) is 4.08. The summed E-state index contributed by atoms with van der Waals surface area (Å²) in [6.07, 6.45) is 2.22. The molecular weight excluding hydrogens is 280 g/mol. The van der Waals surface area contributed by atoms with Crippen molar-refractivity contribution in [3.05, 3.63) is 23.2 Å². The highest BCUT2D eigenvalue weighted by atomic mass is 35.5. The molecule has 0 unspecified atom stereocenters. The molecular formula is C12H14ClF2NOS. The van der Waals surface area contributed by atoms with Gasteiger partial charge < -0.3 is 10.1 Å². The van der Waals surface area contributed by atoms with Gasteiger partial charge in [-0.2, -0.15) is 20.5 Å². The molecule has 0 saturated carbocycles. The van der Waals surface area contributed by atoms with E-state index in [-0.39, 0.29) is 10.8 Å². The molecule has 0 atom stereocenters. The van der Waals surface area contributed by atoms with Crippen molar-refractivity contribution in [2.45, 2.75) is 25.5 Å². The number of anilines is 1. The molecule has 1 fully saturated rings. The Morgan fingerprint density at radius 3 is 2.67 bits per heavy atom. The quantitative estimate of drug-likeness (QED) is 0.897. The third kappa shape index (κ3) is 3.92. The van der Waals surface area contributed by atoms with Crippen LogP contribution in [0.2, 0.25) is 5.02 Å². The molecule has 0 spiro atoms. The highest BCUT2D eigenvalue weighted by Crippen LogP contribution is 2.30. The number of ether oxygens (including phenoxy) is 1. The van der Waals surface area contributed by atoms with Crippen LogP contribution in [0.1, 0.15) is 12.8 Å². The van der Waals surface area contributed by atoms with E-state index in [0.29, 0.717) is 6.04 Å². The monoisotopic (exact) mass is 293 g/mol. The zero-order valence-corrected chi connectivity index (χ0v) is 11.2. The second-order valence-electron chi connectivity index (χ2n) is 4.05. The first kappa shape index (κ1) is 13.7. The van der Waals surface area contributed by atoms with Crippen LogP contribution < -0.4 is 10.1 Å². The molecule has 0 radical (unpaired) electrons. The lowest BCUT2D eigenvalue weighted by atomic mass is 10.1. The van der Waals surface area contributed by atoms with Gasteiger partial charge in [-0.05, 0) is 42.5 Å². The first-order valence-electron chi connectivity index (χ1n) is 5.74. The Labute approximate surface area is 114 Å². The molecule has 0 aliphatic carbocycles. The first-order valence-corrected chi connectivity index (χ1v) is 7.27. The fraction of sp³-hybridized carbons (Fsp3) is 0.500. The Morgan fingerprint density at radius 1 is 1.33 bits per heavy atom. The zero-order chi connectivity index (χ0) is 13.0. The Morgan fingerprint density at radius 2 is 2.06 bits per heavy atom. The number of halogens is 3. The highest BCUT2D eigenvalue weighted by Gasteiger charge is 2.14. The van der Waals surface area contributed by atoms with Crippen molar-refractivity contribution in [2.75, 3.05) is 16.8 Å². The summed E-state index contributed by atoms with van der Waals surface area (Å²) in [6.45, 7) is -2.85. The number of hydrogen-bond acceptors (Lipinski definition) is 3. The predicted octanol–water partition coefficient (Wildman–Crippen LogP) is 4.25. The number of nitrogens with one attached hydrogen (secondary N) is 1. The van der Waals surface area contributed by atoms with E-state index in [0.717, 1.165) is 30.0 Å². The van der Waals surface area contributed by atoms with Gasteiger partial charge in [-0.25, -0.2) is 0 Å². The fourth-order valence-corrected chi connectivity index (χ4v) is 3.19. The van der Waals surface area contributed by atoms with E-state index in [1.807, 2.05) is 11.8 Å². The molecule has 1 aliphatic rings. The summed E-state index contributed by atoms with van der Waals surface area (Å²) >= 11 is 7.84. The average Bonchev–Trinajstić information content (AvgIpc) is 2.33. The van der Waals surface area contributed by atoms with Crippen molar-refractivity contribution in [1.29, 1.82) is 0 Å². The van der Waals surface area contributed by atoms with Gasteiger partial charge in [0.15, 0.2) is 0 Å². The van der Waals surface area contributed by atoms with E-state index in [1.54, 1.807) is 12.1 Å². The lowest BCUT2D eigenvalue weighted by Gasteiger charge is -2.23. The maximum absolute atomic E-state index is 12.1. The van der Waals surface area contributed by atoms with Crippen molar-refractivity contribution in [3.8, 4) is 5.75 Å². The molecule has 1 N–H and O–H groups in total. The standard InChI is InChI=1S/C12H14ClF2NOS/c13-10-7-9(1-2-11(10)17-12(14)15)16-8-3-5-18-6-4-8/h1-2,7-8,12,16H,3-6H2. The van der Waals surface area contributed by atoms with Crippen LogP contribution in [0, 0.1) is 0 Å². The Balaban J connectivity index is 1.99. The molecule has 0 amide bonds. The lowest BCUT2D eigenvalue weighted by molar-refractivity contribution is -0.0497. The van der Waals surface area contributed by atoms with Gasteiger partial charge in [0.1, 0.15) is 5.75 Å². The third-order valence-electron chi connectivity index (χ3n) is 2.74. The second-order valence-corrected chi connectivity index (χ2v) is 5.69. The van der Waals surface area contributed by atoms with Crippen molar-refractivity contribution < 1.29 is 13.5 Å². The number of benzene rings is 1. The molecule has 6 heteroatoms. The normalized spacial score (nSPS) is 16.9. The van der Waals surface area contributed by atoms with Crippen molar-refractivity contribution in [2.24, 2.45) is 0 Å². The van der Waals surface area contributed by atoms with Gasteiger partial charge in [-0.1, -0.05) is 11.6 Å². The number of rotatable bonds is 4. The van der Waals surface area contributed by atoms with Crippen molar-refractivity contribution >= 4 is 29.1 Å². The van der Waals surface area contributed by atoms with Gasteiger partial charge in [-0.3, -0.25) is 0 Å². The van der Waals surface area contributed by atoms with Gasteiger partial charge in [0.2, 0.25) is 0 Å². The van der Waals surface area contributed by atoms with E-state index >= 15 is 0 Å². The molecule has 0 bridgehead atoms. The molecule has 1 heterocycles. The minimum Gasteiger partial charge on any atom is -0.433 e. The minimum atomic E-state index is -2.85. The van der Waals surface area contributed by atoms with Crippen LogP contribution in [0.4, 0.5) is 14.5 Å². The summed E-state index contributed by atoms with van der Waals surface area (Å²) in [4.78, 5) is 0. The SMILES string of the molecule is FC(F)Oc1ccc(NC2CCSCC2)cc1Cl. The topological polar surface area (TPSA) is 21.3 Å². The number of alkyl halides is 2. The van der Waals surface area contributed by atoms with Gasteiger partial charge in [0.05, 0.1) is 5.02 Å². The molecule has 18 heavy (non-hydrogen) atoms. The summed E-state index contributed by atoms with van der Waals surface area (Å²) in [5.41, 5.74) is 0.846. The molecule has 100 valence electrons. The number of hydrogen-bond donors (Lipinski definition) is 1. The Kier molecular flexibility index (Phi) is 4.95. The summed E-state index contributed by atoms with van der Waals surface area (Å²) in [7, 11) is 0. The van der Waals surface area contributed by atoms with E-state index in [9.17, 15) is 8.78 Å².